The van der Waals surface area contributed by atoms with Crippen LogP contribution in [0.3, 0.4) is 0 Å². The molecule has 108 valence electrons. The first kappa shape index (κ1) is 13.3. The molecule has 2 aliphatic rings. The summed E-state index contributed by atoms with van der Waals surface area (Å²) in [7, 11) is 0. The second kappa shape index (κ2) is 5.35. The fraction of sp³-hybridized carbons (Fsp3) is 0.562. The highest BCUT2D eigenvalue weighted by atomic mass is 16.5. The highest BCUT2D eigenvalue weighted by molar-refractivity contribution is 5.76. The molecule has 1 N–H and O–H groups in total. The van der Waals surface area contributed by atoms with Gasteiger partial charge in [0.25, 0.3) is 0 Å². The van der Waals surface area contributed by atoms with Crippen LogP contribution in [0.15, 0.2) is 6.07 Å². The van der Waals surface area contributed by atoms with Gasteiger partial charge in [-0.15, -0.1) is 0 Å². The number of benzene rings is 1. The molecule has 0 aromatic heterocycles. The molecular formula is C16H21NO3. The molecule has 20 heavy (non-hydrogen) atoms. The average Bonchev–Trinajstić information content (AvgIpc) is 3.01. The monoisotopic (exact) mass is 275 g/mol. The summed E-state index contributed by atoms with van der Waals surface area (Å²) in [6.07, 6.45) is 2.40. The zero-order valence-corrected chi connectivity index (χ0v) is 12.1. The summed E-state index contributed by atoms with van der Waals surface area (Å²) in [5.41, 5.74) is 3.53. The van der Waals surface area contributed by atoms with Crippen molar-refractivity contribution in [2.45, 2.75) is 39.7 Å². The predicted molar refractivity (Wildman–Crippen MR) is 76.1 cm³/mol. The van der Waals surface area contributed by atoms with Crippen LogP contribution in [0.25, 0.3) is 0 Å². The van der Waals surface area contributed by atoms with Crippen LogP contribution in [0.4, 0.5) is 0 Å². The van der Waals surface area contributed by atoms with Gasteiger partial charge in [-0.05, 0) is 12.0 Å². The second-order valence-corrected chi connectivity index (χ2v) is 5.89. The van der Waals surface area contributed by atoms with E-state index in [1.807, 2.05) is 0 Å². The summed E-state index contributed by atoms with van der Waals surface area (Å²) in [4.78, 5) is 11.8. The molecule has 0 unspecified atom stereocenters. The van der Waals surface area contributed by atoms with Gasteiger partial charge in [0.1, 0.15) is 11.5 Å². The van der Waals surface area contributed by atoms with Crippen molar-refractivity contribution in [2.24, 2.45) is 5.92 Å². The highest BCUT2D eigenvalue weighted by Crippen LogP contribution is 2.40. The Morgan fingerprint density at radius 1 is 1.30 bits per heavy atom. The number of rotatable bonds is 4. The lowest BCUT2D eigenvalue weighted by atomic mass is 9.99. The minimum atomic E-state index is 0.100. The summed E-state index contributed by atoms with van der Waals surface area (Å²) in [5, 5.41) is 3.02. The molecule has 0 aliphatic carbocycles. The molecule has 0 saturated heterocycles. The maximum atomic E-state index is 11.8. The summed E-state index contributed by atoms with van der Waals surface area (Å²) in [6, 6.07) is 2.10. The van der Waals surface area contributed by atoms with Crippen molar-refractivity contribution in [3.63, 3.8) is 0 Å². The summed E-state index contributed by atoms with van der Waals surface area (Å²) in [6.45, 7) is 6.10. The van der Waals surface area contributed by atoms with Crippen molar-refractivity contribution >= 4 is 5.91 Å². The Morgan fingerprint density at radius 2 is 2.10 bits per heavy atom. The predicted octanol–water partition coefficient (Wildman–Crippen LogP) is 2.22. The molecule has 2 aliphatic heterocycles. The fourth-order valence-corrected chi connectivity index (χ4v) is 2.90. The standard InChI is InChI=1S/C16H21NO3/c1-10(2)7-15(18)17-9-13-12-4-6-19-14(12)8-11-3-5-20-16(11)13/h8,10H,3-7,9H2,1-2H3,(H,17,18). The van der Waals surface area contributed by atoms with Crippen LogP contribution in [-0.4, -0.2) is 19.1 Å². The minimum Gasteiger partial charge on any atom is -0.493 e. The first-order chi connectivity index (χ1) is 9.65. The summed E-state index contributed by atoms with van der Waals surface area (Å²) < 4.78 is 11.4. The van der Waals surface area contributed by atoms with Crippen LogP contribution in [0.5, 0.6) is 11.5 Å². The fourth-order valence-electron chi connectivity index (χ4n) is 2.90. The number of carbonyl (C=O) groups excluding carboxylic acids is 1. The van der Waals surface area contributed by atoms with E-state index >= 15 is 0 Å². The number of ether oxygens (including phenoxy) is 2. The van der Waals surface area contributed by atoms with Crippen LogP contribution in [0.1, 0.15) is 37.0 Å². The van der Waals surface area contributed by atoms with Gasteiger partial charge in [0.2, 0.25) is 5.91 Å². The number of fused-ring (bicyclic) bond motifs is 2. The molecule has 0 saturated carbocycles. The van der Waals surface area contributed by atoms with Gasteiger partial charge in [-0.25, -0.2) is 0 Å². The van der Waals surface area contributed by atoms with Crippen LogP contribution in [0.2, 0.25) is 0 Å². The van der Waals surface area contributed by atoms with Gasteiger partial charge in [-0.3, -0.25) is 4.79 Å². The van der Waals surface area contributed by atoms with Gasteiger partial charge in [-0.2, -0.15) is 0 Å². The van der Waals surface area contributed by atoms with Gasteiger partial charge < -0.3 is 14.8 Å². The molecule has 3 rings (SSSR count). The molecule has 0 radical (unpaired) electrons. The lowest BCUT2D eigenvalue weighted by Gasteiger charge is -2.14. The average molecular weight is 275 g/mol. The van der Waals surface area contributed by atoms with E-state index in [0.29, 0.717) is 18.9 Å². The van der Waals surface area contributed by atoms with E-state index in [-0.39, 0.29) is 5.91 Å². The Bertz CT molecular complexity index is 505. The van der Waals surface area contributed by atoms with Crippen molar-refractivity contribution in [1.29, 1.82) is 0 Å². The molecule has 0 fully saturated rings. The molecule has 4 heteroatoms. The number of carbonyl (C=O) groups is 1. The normalized spacial score (nSPS) is 15.6. The van der Waals surface area contributed by atoms with Crippen LogP contribution >= 0.6 is 0 Å². The van der Waals surface area contributed by atoms with E-state index in [1.54, 1.807) is 0 Å². The van der Waals surface area contributed by atoms with Gasteiger partial charge in [0.15, 0.2) is 0 Å². The molecular weight excluding hydrogens is 254 g/mol. The van der Waals surface area contributed by atoms with Gasteiger partial charge in [0.05, 0.1) is 13.2 Å². The maximum Gasteiger partial charge on any atom is 0.220 e. The second-order valence-electron chi connectivity index (χ2n) is 5.89. The van der Waals surface area contributed by atoms with Gasteiger partial charge in [0, 0.05) is 42.5 Å². The third-order valence-electron chi connectivity index (χ3n) is 3.82. The first-order valence-electron chi connectivity index (χ1n) is 7.35. The van der Waals surface area contributed by atoms with Crippen LogP contribution in [0, 0.1) is 5.92 Å². The number of hydrogen-bond acceptors (Lipinski definition) is 3. The highest BCUT2D eigenvalue weighted by Gasteiger charge is 2.26. The zero-order chi connectivity index (χ0) is 14.1. The van der Waals surface area contributed by atoms with Crippen molar-refractivity contribution in [1.82, 2.24) is 5.32 Å². The number of amides is 1. The van der Waals surface area contributed by atoms with Gasteiger partial charge >= 0.3 is 0 Å². The third kappa shape index (κ3) is 2.47. The van der Waals surface area contributed by atoms with Crippen molar-refractivity contribution in [2.75, 3.05) is 13.2 Å². The largest absolute Gasteiger partial charge is 0.493 e. The Hall–Kier alpha value is -1.71. The topological polar surface area (TPSA) is 47.6 Å². The van der Waals surface area contributed by atoms with E-state index in [0.717, 1.165) is 43.1 Å². The van der Waals surface area contributed by atoms with E-state index in [2.05, 4.69) is 25.2 Å². The molecule has 0 atom stereocenters. The first-order valence-corrected chi connectivity index (χ1v) is 7.35. The smallest absolute Gasteiger partial charge is 0.220 e. The lowest BCUT2D eigenvalue weighted by molar-refractivity contribution is -0.121. The SMILES string of the molecule is CC(C)CC(=O)NCc1c2c(cc3c1OCC3)OCC2. The van der Waals surface area contributed by atoms with E-state index < -0.39 is 0 Å². The number of nitrogens with one attached hydrogen (secondary N) is 1. The van der Waals surface area contributed by atoms with Crippen molar-refractivity contribution < 1.29 is 14.3 Å². The molecule has 4 nitrogen and oxygen atoms in total. The molecule has 1 aromatic carbocycles. The van der Waals surface area contributed by atoms with Crippen molar-refractivity contribution in [3.05, 3.63) is 22.8 Å². The molecule has 1 amide bonds. The third-order valence-corrected chi connectivity index (χ3v) is 3.82. The van der Waals surface area contributed by atoms with Gasteiger partial charge in [-0.1, -0.05) is 13.8 Å². The summed E-state index contributed by atoms with van der Waals surface area (Å²) >= 11 is 0. The molecule has 1 aromatic rings. The van der Waals surface area contributed by atoms with Crippen molar-refractivity contribution in [3.8, 4) is 11.5 Å². The molecule has 0 bridgehead atoms. The molecule has 0 spiro atoms. The zero-order valence-electron chi connectivity index (χ0n) is 12.1. The Balaban J connectivity index is 1.81. The quantitative estimate of drug-likeness (QED) is 0.916. The summed E-state index contributed by atoms with van der Waals surface area (Å²) in [5.74, 6) is 2.42. The van der Waals surface area contributed by atoms with E-state index in [9.17, 15) is 4.79 Å². The Labute approximate surface area is 119 Å². The maximum absolute atomic E-state index is 11.8. The number of hydrogen-bond donors (Lipinski definition) is 1. The lowest BCUT2D eigenvalue weighted by Crippen LogP contribution is -2.24. The van der Waals surface area contributed by atoms with Crippen LogP contribution < -0.4 is 14.8 Å². The Morgan fingerprint density at radius 3 is 2.90 bits per heavy atom. The Kier molecular flexibility index (Phi) is 3.55. The van der Waals surface area contributed by atoms with E-state index in [4.69, 9.17) is 9.47 Å². The molecule has 2 heterocycles. The minimum absolute atomic E-state index is 0.100. The van der Waals surface area contributed by atoms with E-state index in [1.165, 1.54) is 11.1 Å². The van der Waals surface area contributed by atoms with Crippen LogP contribution in [-0.2, 0) is 24.2 Å².